The van der Waals surface area contributed by atoms with Crippen LogP contribution in [0.3, 0.4) is 0 Å². The molecule has 1 aromatic heterocycles. The fourth-order valence-electron chi connectivity index (χ4n) is 3.53. The van der Waals surface area contributed by atoms with Crippen molar-refractivity contribution in [2.24, 2.45) is 0 Å². The first-order chi connectivity index (χ1) is 13.1. The molecule has 2 aromatic carbocycles. The summed E-state index contributed by atoms with van der Waals surface area (Å²) in [4.78, 5) is 4.56. The number of nitrogens with zero attached hydrogens (tertiary/aromatic N) is 5. The summed E-state index contributed by atoms with van der Waals surface area (Å²) in [7, 11) is 0. The van der Waals surface area contributed by atoms with Crippen molar-refractivity contribution in [3.05, 3.63) is 65.2 Å². The van der Waals surface area contributed by atoms with Crippen LogP contribution in [0.15, 0.2) is 54.6 Å². The van der Waals surface area contributed by atoms with Crippen molar-refractivity contribution < 1.29 is 5.11 Å². The normalized spacial score (nSPS) is 15.2. The first kappa shape index (κ1) is 17.8. The highest BCUT2D eigenvalue weighted by molar-refractivity contribution is 7.71. The number of benzene rings is 2. The summed E-state index contributed by atoms with van der Waals surface area (Å²) in [5.41, 5.74) is 1.94. The van der Waals surface area contributed by atoms with E-state index in [1.165, 1.54) is 0 Å². The van der Waals surface area contributed by atoms with Gasteiger partial charge in [0.25, 0.3) is 0 Å². The summed E-state index contributed by atoms with van der Waals surface area (Å²) in [6.45, 7) is 6.18. The Morgan fingerprint density at radius 1 is 0.963 bits per heavy atom. The van der Waals surface area contributed by atoms with Crippen LogP contribution in [-0.2, 0) is 6.67 Å². The molecule has 0 radical (unpaired) electrons. The molecule has 1 fully saturated rings. The first-order valence-corrected chi connectivity index (χ1v) is 9.51. The van der Waals surface area contributed by atoms with Gasteiger partial charge in [0.15, 0.2) is 0 Å². The number of rotatable bonds is 4. The van der Waals surface area contributed by atoms with Gasteiger partial charge in [0.05, 0.1) is 12.4 Å². The van der Waals surface area contributed by atoms with Crippen molar-refractivity contribution >= 4 is 17.9 Å². The predicted molar refractivity (Wildman–Crippen MR) is 109 cm³/mol. The van der Waals surface area contributed by atoms with Crippen molar-refractivity contribution in [1.29, 1.82) is 0 Å². The Labute approximate surface area is 163 Å². The lowest BCUT2D eigenvalue weighted by atomic mass is 10.2. The van der Waals surface area contributed by atoms with E-state index in [0.29, 0.717) is 17.2 Å². The lowest BCUT2D eigenvalue weighted by Crippen LogP contribution is -2.47. The predicted octanol–water partition coefficient (Wildman–Crippen LogP) is 3.20. The van der Waals surface area contributed by atoms with Gasteiger partial charge < -0.3 is 10.0 Å². The topological polar surface area (TPSA) is 49.5 Å². The molecule has 0 unspecified atom stereocenters. The minimum Gasteiger partial charge on any atom is -0.506 e. The van der Waals surface area contributed by atoms with Crippen molar-refractivity contribution in [3.63, 3.8) is 0 Å². The van der Waals surface area contributed by atoms with Crippen LogP contribution in [0.4, 0.5) is 5.69 Å². The Morgan fingerprint density at radius 3 is 2.33 bits per heavy atom. The van der Waals surface area contributed by atoms with Gasteiger partial charge in [-0.05, 0) is 43.4 Å². The molecule has 0 atom stereocenters. The van der Waals surface area contributed by atoms with Crippen molar-refractivity contribution in [2.45, 2.75) is 13.6 Å². The Balaban J connectivity index is 1.46. The van der Waals surface area contributed by atoms with E-state index in [1.807, 2.05) is 64.7 Å². The number of anilines is 1. The Hall–Kier alpha value is -2.64. The van der Waals surface area contributed by atoms with Crippen molar-refractivity contribution in [1.82, 2.24) is 19.2 Å². The second-order valence-corrected chi connectivity index (χ2v) is 7.10. The second-order valence-electron chi connectivity index (χ2n) is 6.74. The van der Waals surface area contributed by atoms with Gasteiger partial charge in [0.1, 0.15) is 11.6 Å². The highest BCUT2D eigenvalue weighted by Gasteiger charge is 2.20. The standard InChI is InChI=1S/C20H23N5OS/c1-16-21-24(20(27)25(16)17-7-3-2-4-8-17)15-22-11-13-23(14-12-22)18-9-5-6-10-19(18)26/h2-10,26H,11-15H2,1H3. The third-order valence-corrected chi connectivity index (χ3v) is 5.34. The zero-order valence-corrected chi connectivity index (χ0v) is 16.1. The fraction of sp³-hybridized carbons (Fsp3) is 0.300. The van der Waals surface area contributed by atoms with Crippen LogP contribution in [0.1, 0.15) is 5.82 Å². The van der Waals surface area contributed by atoms with E-state index < -0.39 is 0 Å². The molecule has 2 heterocycles. The van der Waals surface area contributed by atoms with E-state index in [4.69, 9.17) is 12.2 Å². The second kappa shape index (κ2) is 7.54. The van der Waals surface area contributed by atoms with Crippen LogP contribution in [0.5, 0.6) is 5.75 Å². The smallest absolute Gasteiger partial charge is 0.203 e. The Bertz CT molecular complexity index is 974. The number of aryl methyl sites for hydroxylation is 1. The summed E-state index contributed by atoms with van der Waals surface area (Å²) in [6.07, 6.45) is 0. The Morgan fingerprint density at radius 2 is 1.63 bits per heavy atom. The Kier molecular flexibility index (Phi) is 4.96. The molecule has 6 nitrogen and oxygen atoms in total. The molecule has 7 heteroatoms. The third-order valence-electron chi connectivity index (χ3n) is 4.94. The van der Waals surface area contributed by atoms with Gasteiger partial charge in [-0.2, -0.15) is 5.10 Å². The van der Waals surface area contributed by atoms with Gasteiger partial charge in [-0.25, -0.2) is 4.68 Å². The van der Waals surface area contributed by atoms with Crippen LogP contribution < -0.4 is 4.90 Å². The van der Waals surface area contributed by atoms with Gasteiger partial charge in [0, 0.05) is 31.9 Å². The van der Waals surface area contributed by atoms with E-state index >= 15 is 0 Å². The number of aromatic nitrogens is 3. The monoisotopic (exact) mass is 381 g/mol. The van der Waals surface area contributed by atoms with E-state index in [-0.39, 0.29) is 0 Å². The molecule has 1 aliphatic rings. The van der Waals surface area contributed by atoms with E-state index in [1.54, 1.807) is 6.07 Å². The lowest BCUT2D eigenvalue weighted by molar-refractivity contribution is 0.194. The largest absolute Gasteiger partial charge is 0.506 e. The maximum Gasteiger partial charge on any atom is 0.203 e. The number of hydrogen-bond acceptors (Lipinski definition) is 5. The molecule has 1 saturated heterocycles. The molecule has 1 aliphatic heterocycles. The molecule has 0 amide bonds. The summed E-state index contributed by atoms with van der Waals surface area (Å²) in [6, 6.07) is 17.6. The van der Waals surface area contributed by atoms with E-state index in [2.05, 4.69) is 14.9 Å². The third kappa shape index (κ3) is 3.61. The summed E-state index contributed by atoms with van der Waals surface area (Å²) in [5.74, 6) is 1.23. The molecule has 0 bridgehead atoms. The first-order valence-electron chi connectivity index (χ1n) is 9.10. The number of aromatic hydroxyl groups is 1. The molecular formula is C20H23N5OS. The lowest BCUT2D eigenvalue weighted by Gasteiger charge is -2.36. The minimum atomic E-state index is 0.338. The number of phenolic OH excluding ortho intramolecular Hbond substituents is 1. The zero-order valence-electron chi connectivity index (χ0n) is 15.3. The minimum absolute atomic E-state index is 0.338. The summed E-state index contributed by atoms with van der Waals surface area (Å²) in [5, 5.41) is 14.7. The molecule has 0 aliphatic carbocycles. The van der Waals surface area contributed by atoms with Crippen LogP contribution in [0, 0.1) is 11.7 Å². The number of piperazine rings is 1. The maximum absolute atomic E-state index is 10.1. The average molecular weight is 382 g/mol. The molecule has 4 rings (SSSR count). The van der Waals surface area contributed by atoms with Crippen LogP contribution in [0.2, 0.25) is 0 Å². The van der Waals surface area contributed by atoms with Crippen LogP contribution in [-0.4, -0.2) is 50.5 Å². The van der Waals surface area contributed by atoms with Gasteiger partial charge in [-0.3, -0.25) is 9.47 Å². The number of hydrogen-bond donors (Lipinski definition) is 1. The molecule has 27 heavy (non-hydrogen) atoms. The van der Waals surface area contributed by atoms with Gasteiger partial charge in [-0.1, -0.05) is 30.3 Å². The van der Waals surface area contributed by atoms with Crippen LogP contribution >= 0.6 is 12.2 Å². The highest BCUT2D eigenvalue weighted by Crippen LogP contribution is 2.27. The molecule has 0 spiro atoms. The molecule has 140 valence electrons. The maximum atomic E-state index is 10.1. The number of phenols is 1. The van der Waals surface area contributed by atoms with Crippen molar-refractivity contribution in [2.75, 3.05) is 31.1 Å². The number of para-hydroxylation sites is 3. The fourth-order valence-corrected chi connectivity index (χ4v) is 3.87. The van der Waals surface area contributed by atoms with Crippen molar-refractivity contribution in [3.8, 4) is 11.4 Å². The molecule has 1 N–H and O–H groups in total. The zero-order chi connectivity index (χ0) is 18.8. The van der Waals surface area contributed by atoms with E-state index in [0.717, 1.165) is 43.4 Å². The summed E-state index contributed by atoms with van der Waals surface area (Å²) >= 11 is 5.67. The average Bonchev–Trinajstić information content (AvgIpc) is 2.97. The van der Waals surface area contributed by atoms with Gasteiger partial charge >= 0.3 is 0 Å². The van der Waals surface area contributed by atoms with Gasteiger partial charge in [0.2, 0.25) is 4.77 Å². The molecule has 0 saturated carbocycles. The van der Waals surface area contributed by atoms with Gasteiger partial charge in [-0.15, -0.1) is 0 Å². The quantitative estimate of drug-likeness (QED) is 0.704. The summed E-state index contributed by atoms with van der Waals surface area (Å²) < 4.78 is 4.61. The van der Waals surface area contributed by atoms with Crippen LogP contribution in [0.25, 0.3) is 5.69 Å². The molecular weight excluding hydrogens is 358 g/mol. The van der Waals surface area contributed by atoms with E-state index in [9.17, 15) is 5.11 Å². The SMILES string of the molecule is Cc1nn(CN2CCN(c3ccccc3O)CC2)c(=S)n1-c1ccccc1. The highest BCUT2D eigenvalue weighted by atomic mass is 32.1. The molecule has 3 aromatic rings.